The first kappa shape index (κ1) is 14.9. The Hall–Kier alpha value is -2.98. The van der Waals surface area contributed by atoms with Gasteiger partial charge in [-0.15, -0.1) is 11.3 Å². The average Bonchev–Trinajstić information content (AvgIpc) is 2.90. The molecule has 7 heteroatoms. The van der Waals surface area contributed by atoms with E-state index in [1.807, 2.05) is 0 Å². The first-order chi connectivity index (χ1) is 11.0. The zero-order chi connectivity index (χ0) is 16.6. The van der Waals surface area contributed by atoms with Crippen LogP contribution in [-0.4, -0.2) is 23.0 Å². The number of hydrogen-bond donors (Lipinski definition) is 1. The number of methoxy groups -OCH3 is 1. The van der Waals surface area contributed by atoms with Crippen molar-refractivity contribution in [2.24, 2.45) is 0 Å². The van der Waals surface area contributed by atoms with Gasteiger partial charge >= 0.3 is 5.97 Å². The Labute approximate surface area is 135 Å². The number of thiophene rings is 1. The van der Waals surface area contributed by atoms with E-state index in [0.717, 1.165) is 0 Å². The molecule has 2 aromatic heterocycles. The number of H-pyrrole nitrogens is 1. The summed E-state index contributed by atoms with van der Waals surface area (Å²) < 4.78 is 4.65. The molecule has 0 unspecified atom stereocenters. The Bertz CT molecular complexity index is 1010. The Balaban J connectivity index is 2.12. The van der Waals surface area contributed by atoms with Gasteiger partial charge in [0.25, 0.3) is 5.56 Å². The molecule has 0 radical (unpaired) electrons. The van der Waals surface area contributed by atoms with Crippen LogP contribution in [0.1, 0.15) is 15.9 Å². The van der Waals surface area contributed by atoms with Gasteiger partial charge in [-0.3, -0.25) is 4.79 Å². The fraction of sp³-hybridized carbons (Fsp3) is 0.125. The van der Waals surface area contributed by atoms with Crippen LogP contribution in [0.2, 0.25) is 0 Å². The van der Waals surface area contributed by atoms with E-state index in [9.17, 15) is 9.59 Å². The molecule has 0 aliphatic rings. The minimum atomic E-state index is -0.427. The lowest BCUT2D eigenvalue weighted by Crippen LogP contribution is -2.09. The smallest absolute Gasteiger partial charge is 0.337 e. The van der Waals surface area contributed by atoms with E-state index in [0.29, 0.717) is 37.7 Å². The molecule has 0 amide bonds. The predicted octanol–water partition coefficient (Wildman–Crippen LogP) is 3.30. The molecular weight excluding hydrogens is 314 g/mol. The molecule has 3 rings (SSSR count). The Morgan fingerprint density at radius 3 is 2.65 bits per heavy atom. The molecule has 1 N–H and O–H groups in total. The van der Waals surface area contributed by atoms with E-state index in [1.54, 1.807) is 31.2 Å². The highest BCUT2D eigenvalue weighted by molar-refractivity contribution is 7.22. The van der Waals surface area contributed by atoms with Crippen LogP contribution >= 0.6 is 11.3 Å². The summed E-state index contributed by atoms with van der Waals surface area (Å²) >= 11 is 1.20. The monoisotopic (exact) mass is 325 g/mol. The van der Waals surface area contributed by atoms with E-state index < -0.39 is 5.97 Å². The minimum Gasteiger partial charge on any atom is -0.465 e. The predicted molar refractivity (Wildman–Crippen MR) is 88.0 cm³/mol. The van der Waals surface area contributed by atoms with Gasteiger partial charge in [-0.2, -0.15) is 0 Å². The molecule has 0 aliphatic heterocycles. The molecule has 0 saturated carbocycles. The third-order valence-electron chi connectivity index (χ3n) is 3.46. The summed E-state index contributed by atoms with van der Waals surface area (Å²) in [7, 11) is 1.32. The lowest BCUT2D eigenvalue weighted by atomic mass is 10.1. The first-order valence-corrected chi connectivity index (χ1v) is 7.46. The molecule has 3 aromatic rings. The van der Waals surface area contributed by atoms with Crippen molar-refractivity contribution in [1.82, 2.24) is 9.97 Å². The van der Waals surface area contributed by atoms with E-state index in [1.165, 1.54) is 18.4 Å². The van der Waals surface area contributed by atoms with Crippen LogP contribution in [0.5, 0.6) is 0 Å². The van der Waals surface area contributed by atoms with Crippen molar-refractivity contribution < 1.29 is 9.53 Å². The van der Waals surface area contributed by atoms with Crippen LogP contribution in [0.4, 0.5) is 5.00 Å². The molecule has 0 bridgehead atoms. The summed E-state index contributed by atoms with van der Waals surface area (Å²) in [4.78, 5) is 34.8. The van der Waals surface area contributed by atoms with Crippen LogP contribution in [0.25, 0.3) is 26.4 Å². The molecule has 0 fully saturated rings. The number of benzene rings is 1. The molecule has 0 saturated heterocycles. The maximum absolute atomic E-state index is 12.3. The lowest BCUT2D eigenvalue weighted by Gasteiger charge is -2.03. The number of rotatable bonds is 2. The lowest BCUT2D eigenvalue weighted by molar-refractivity contribution is 0.0601. The van der Waals surface area contributed by atoms with E-state index in [-0.39, 0.29) is 5.56 Å². The average molecular weight is 325 g/mol. The van der Waals surface area contributed by atoms with Crippen molar-refractivity contribution in [2.75, 3.05) is 7.11 Å². The highest BCUT2D eigenvalue weighted by atomic mass is 32.1. The molecule has 114 valence electrons. The van der Waals surface area contributed by atoms with Crippen LogP contribution in [-0.2, 0) is 4.74 Å². The number of nitrogens with zero attached hydrogens (tertiary/aromatic N) is 2. The molecule has 0 spiro atoms. The van der Waals surface area contributed by atoms with Crippen molar-refractivity contribution in [3.63, 3.8) is 0 Å². The second-order valence-corrected chi connectivity index (χ2v) is 5.79. The number of aromatic amines is 1. The quantitative estimate of drug-likeness (QED) is 0.579. The summed E-state index contributed by atoms with van der Waals surface area (Å²) in [5.74, 6) is -0.0271. The third-order valence-corrected chi connectivity index (χ3v) is 4.54. The number of ether oxygens (including phenoxy) is 1. The maximum Gasteiger partial charge on any atom is 0.337 e. The number of aromatic nitrogens is 2. The van der Waals surface area contributed by atoms with Gasteiger partial charge in [-0.25, -0.2) is 14.6 Å². The maximum atomic E-state index is 12.3. The first-order valence-electron chi connectivity index (χ1n) is 6.64. The zero-order valence-corrected chi connectivity index (χ0v) is 13.2. The normalized spacial score (nSPS) is 10.5. The van der Waals surface area contributed by atoms with Crippen LogP contribution < -0.4 is 5.56 Å². The molecule has 2 heterocycles. The van der Waals surface area contributed by atoms with Gasteiger partial charge in [-0.1, -0.05) is 12.1 Å². The number of carbonyl (C=O) groups excluding carboxylic acids is 1. The van der Waals surface area contributed by atoms with Crippen LogP contribution in [0.3, 0.4) is 0 Å². The largest absolute Gasteiger partial charge is 0.465 e. The Morgan fingerprint density at radius 1 is 1.35 bits per heavy atom. The summed E-state index contributed by atoms with van der Waals surface area (Å²) in [6.07, 6.45) is 0. The fourth-order valence-electron chi connectivity index (χ4n) is 2.26. The Morgan fingerprint density at radius 2 is 2.04 bits per heavy atom. The summed E-state index contributed by atoms with van der Waals surface area (Å²) in [6.45, 7) is 8.88. The molecule has 0 atom stereocenters. The molecule has 6 nitrogen and oxygen atoms in total. The summed E-state index contributed by atoms with van der Waals surface area (Å²) in [6, 6.07) is 6.59. The molecular formula is C16H11N3O3S. The second kappa shape index (κ2) is 5.66. The van der Waals surface area contributed by atoms with Gasteiger partial charge in [0.15, 0.2) is 0 Å². The van der Waals surface area contributed by atoms with E-state index in [2.05, 4.69) is 19.5 Å². The van der Waals surface area contributed by atoms with Crippen molar-refractivity contribution >= 4 is 32.5 Å². The molecule has 1 aromatic carbocycles. The topological polar surface area (TPSA) is 76.4 Å². The molecule has 23 heavy (non-hydrogen) atoms. The van der Waals surface area contributed by atoms with Crippen LogP contribution in [0.15, 0.2) is 29.1 Å². The van der Waals surface area contributed by atoms with Gasteiger partial charge in [0.05, 0.1) is 24.6 Å². The van der Waals surface area contributed by atoms with Crippen molar-refractivity contribution in [3.05, 3.63) is 57.2 Å². The van der Waals surface area contributed by atoms with E-state index >= 15 is 0 Å². The van der Waals surface area contributed by atoms with E-state index in [4.69, 9.17) is 6.57 Å². The van der Waals surface area contributed by atoms with Crippen molar-refractivity contribution in [1.29, 1.82) is 0 Å². The van der Waals surface area contributed by atoms with Crippen LogP contribution in [0, 0.1) is 13.5 Å². The SMILES string of the molecule is [C-]#[N+]c1sc2nc(-c3ccc(C(=O)OC)cc3)[nH]c(=O)c2c1C. The fourth-order valence-corrected chi connectivity index (χ4v) is 3.23. The van der Waals surface area contributed by atoms with Gasteiger partial charge in [0.1, 0.15) is 10.7 Å². The number of esters is 1. The van der Waals surface area contributed by atoms with Gasteiger partial charge in [-0.05, 0) is 24.6 Å². The molecule has 0 aliphatic carbocycles. The van der Waals surface area contributed by atoms with Gasteiger partial charge in [0.2, 0.25) is 5.00 Å². The Kier molecular flexibility index (Phi) is 3.68. The number of fused-ring (bicyclic) bond motifs is 1. The zero-order valence-electron chi connectivity index (χ0n) is 12.3. The standard InChI is InChI=1S/C16H11N3O3S/c1-8-11-13(20)18-12(19-15(11)23-14(8)17-2)9-4-6-10(7-5-9)16(21)22-3/h4-7H,1,3H3,(H,18,19,20). The summed E-state index contributed by atoms with van der Waals surface area (Å²) in [5, 5.41) is 0.923. The number of aryl methyl sites for hydroxylation is 1. The van der Waals surface area contributed by atoms with Crippen molar-refractivity contribution in [2.45, 2.75) is 6.92 Å². The minimum absolute atomic E-state index is 0.273. The number of hydrogen-bond acceptors (Lipinski definition) is 5. The number of nitrogens with one attached hydrogen (secondary N) is 1. The van der Waals surface area contributed by atoms with Gasteiger partial charge in [0, 0.05) is 5.56 Å². The second-order valence-electron chi connectivity index (χ2n) is 4.81. The van der Waals surface area contributed by atoms with Crippen molar-refractivity contribution in [3.8, 4) is 11.4 Å². The highest BCUT2D eigenvalue weighted by Crippen LogP contribution is 2.34. The van der Waals surface area contributed by atoms with Gasteiger partial charge < -0.3 is 9.72 Å². The summed E-state index contributed by atoms with van der Waals surface area (Å²) in [5.41, 5.74) is 1.47. The third kappa shape index (κ3) is 2.49. The highest BCUT2D eigenvalue weighted by Gasteiger charge is 2.15. The number of carbonyl (C=O) groups is 1.